The molecule has 8 heteroatoms. The van der Waals surface area contributed by atoms with Crippen LogP contribution in [0.2, 0.25) is 0 Å². The molecule has 1 saturated carbocycles. The van der Waals surface area contributed by atoms with E-state index in [-0.39, 0.29) is 5.44 Å². The average Bonchev–Trinajstić information content (AvgIpc) is 3.09. The summed E-state index contributed by atoms with van der Waals surface area (Å²) in [7, 11) is 1.68. The van der Waals surface area contributed by atoms with Crippen molar-refractivity contribution < 1.29 is 14.9 Å². The molecule has 0 bridgehead atoms. The van der Waals surface area contributed by atoms with Gasteiger partial charge in [0.15, 0.2) is 5.17 Å². The van der Waals surface area contributed by atoms with Crippen molar-refractivity contribution in [3.05, 3.63) is 0 Å². The van der Waals surface area contributed by atoms with Crippen molar-refractivity contribution in [2.45, 2.75) is 48.7 Å². The second-order valence-corrected chi connectivity index (χ2v) is 6.78. The molecule has 19 heavy (non-hydrogen) atoms. The number of amidine groups is 1. The van der Waals surface area contributed by atoms with Gasteiger partial charge in [-0.05, 0) is 12.8 Å². The van der Waals surface area contributed by atoms with Gasteiger partial charge >= 0.3 is 0 Å². The highest BCUT2D eigenvalue weighted by molar-refractivity contribution is 8.14. The fourth-order valence-corrected chi connectivity index (χ4v) is 3.56. The summed E-state index contributed by atoms with van der Waals surface area (Å²) >= 11 is 7.24. The van der Waals surface area contributed by atoms with Crippen molar-refractivity contribution in [2.75, 3.05) is 13.6 Å². The number of aliphatic hydroxyl groups excluding tert-OH is 2. The number of nitrogens with one attached hydrogen (secondary N) is 1. The Balaban J connectivity index is 1.64. The van der Waals surface area contributed by atoms with Crippen molar-refractivity contribution in [2.24, 2.45) is 4.99 Å². The van der Waals surface area contributed by atoms with Crippen LogP contribution in [0.15, 0.2) is 4.99 Å². The number of halogens is 1. The van der Waals surface area contributed by atoms with Gasteiger partial charge in [-0.25, -0.2) is 0 Å². The predicted molar refractivity (Wildman–Crippen MR) is 74.1 cm³/mol. The Kier molecular flexibility index (Phi) is 3.94. The highest BCUT2D eigenvalue weighted by Gasteiger charge is 2.48. The fraction of sp³-hybridized carbons (Fsp3) is 0.909. The summed E-state index contributed by atoms with van der Waals surface area (Å²) in [5.74, 6) is 0. The molecular formula is C11H18ClN3O3S. The number of fused-ring (bicyclic) bond motifs is 1. The third kappa shape index (κ3) is 2.86. The lowest BCUT2D eigenvalue weighted by atomic mass is 9.98. The normalized spacial score (nSPS) is 41.9. The Morgan fingerprint density at radius 1 is 1.47 bits per heavy atom. The van der Waals surface area contributed by atoms with Crippen molar-refractivity contribution in [3.63, 3.8) is 0 Å². The molecule has 6 nitrogen and oxygen atoms in total. The molecular weight excluding hydrogens is 290 g/mol. The van der Waals surface area contributed by atoms with Gasteiger partial charge in [0, 0.05) is 31.4 Å². The minimum absolute atomic E-state index is 0.277. The van der Waals surface area contributed by atoms with Crippen LogP contribution in [0.5, 0.6) is 0 Å². The number of ether oxygens (including phenoxy) is 1. The molecule has 108 valence electrons. The molecule has 3 aliphatic rings. The van der Waals surface area contributed by atoms with Gasteiger partial charge in [0.05, 0.1) is 0 Å². The molecule has 1 aliphatic carbocycles. The van der Waals surface area contributed by atoms with E-state index in [0.29, 0.717) is 17.8 Å². The number of hydrogen-bond donors (Lipinski definition) is 3. The van der Waals surface area contributed by atoms with Crippen LogP contribution in [0.3, 0.4) is 0 Å². The van der Waals surface area contributed by atoms with Gasteiger partial charge < -0.3 is 20.3 Å². The van der Waals surface area contributed by atoms with E-state index in [4.69, 9.17) is 16.5 Å². The second-order valence-electron chi connectivity index (χ2n) is 5.20. The van der Waals surface area contributed by atoms with Gasteiger partial charge in [-0.1, -0.05) is 11.8 Å². The van der Waals surface area contributed by atoms with Crippen LogP contribution in [-0.4, -0.2) is 69.2 Å². The van der Waals surface area contributed by atoms with Crippen LogP contribution in [0.25, 0.3) is 0 Å². The van der Waals surface area contributed by atoms with E-state index >= 15 is 0 Å². The standard InChI is InChI=1S/C11H18ClN3O3S/c1-15(12)11-14-7-9(17)8(16)6(18-10(7)19-11)4-13-5-2-3-5/h5-10,13,16-17H,2-4H2,1H3/t6-,7-,8-,9-,10-/m1/s1. The fourth-order valence-electron chi connectivity index (χ4n) is 2.30. The Labute approximate surface area is 121 Å². The SMILES string of the molecule is CN(Cl)C1=N[C@@H]2[C@@H](O)[C@H](O)[C@@H](CNC3CC3)O[C@@H]2S1. The van der Waals surface area contributed by atoms with Crippen LogP contribution in [0.1, 0.15) is 12.8 Å². The van der Waals surface area contributed by atoms with Crippen LogP contribution in [0, 0.1) is 0 Å². The number of aliphatic imine (C=N–C) groups is 1. The second kappa shape index (κ2) is 5.38. The summed E-state index contributed by atoms with van der Waals surface area (Å²) in [6, 6.07) is 0.0936. The molecule has 0 aromatic rings. The summed E-state index contributed by atoms with van der Waals surface area (Å²) in [5, 5.41) is 24.2. The van der Waals surface area contributed by atoms with E-state index in [0.717, 1.165) is 0 Å². The lowest BCUT2D eigenvalue weighted by Gasteiger charge is -2.38. The van der Waals surface area contributed by atoms with E-state index in [2.05, 4.69) is 10.3 Å². The Hall–Kier alpha value is -0.0500. The molecule has 5 atom stereocenters. The Morgan fingerprint density at radius 3 is 2.84 bits per heavy atom. The Morgan fingerprint density at radius 2 is 2.21 bits per heavy atom. The van der Waals surface area contributed by atoms with Gasteiger partial charge in [-0.2, -0.15) is 0 Å². The highest BCUT2D eigenvalue weighted by atomic mass is 35.5. The zero-order valence-electron chi connectivity index (χ0n) is 10.6. The van der Waals surface area contributed by atoms with Gasteiger partial charge in [-0.15, -0.1) is 0 Å². The van der Waals surface area contributed by atoms with Crippen LogP contribution < -0.4 is 5.32 Å². The van der Waals surface area contributed by atoms with Crippen LogP contribution in [-0.2, 0) is 4.74 Å². The van der Waals surface area contributed by atoms with E-state index in [1.54, 1.807) is 7.05 Å². The van der Waals surface area contributed by atoms with Gasteiger partial charge in [0.2, 0.25) is 0 Å². The molecule has 3 N–H and O–H groups in total. The summed E-state index contributed by atoms with van der Waals surface area (Å²) in [6.07, 6.45) is 0.121. The zero-order valence-corrected chi connectivity index (χ0v) is 12.1. The third-order valence-corrected chi connectivity index (χ3v) is 5.07. The number of hydrogen-bond acceptors (Lipinski definition) is 7. The van der Waals surface area contributed by atoms with E-state index < -0.39 is 24.4 Å². The first-order chi connectivity index (χ1) is 9.06. The first kappa shape index (κ1) is 13.9. The van der Waals surface area contributed by atoms with Crippen molar-refractivity contribution in [1.29, 1.82) is 0 Å². The number of aliphatic hydroxyl groups is 2. The predicted octanol–water partition coefficient (Wildman–Crippen LogP) is -0.258. The highest BCUT2D eigenvalue weighted by Crippen LogP contribution is 2.37. The van der Waals surface area contributed by atoms with Crippen molar-refractivity contribution in [1.82, 2.24) is 9.74 Å². The first-order valence-electron chi connectivity index (χ1n) is 6.45. The molecule has 2 heterocycles. The molecule has 0 aromatic heterocycles. The van der Waals surface area contributed by atoms with Gasteiger partial charge in [0.1, 0.15) is 29.8 Å². The largest absolute Gasteiger partial charge is 0.388 e. The van der Waals surface area contributed by atoms with E-state index in [9.17, 15) is 10.2 Å². The summed E-state index contributed by atoms with van der Waals surface area (Å²) in [5.41, 5.74) is -0.277. The molecule has 3 rings (SSSR count). The number of nitrogens with zero attached hydrogens (tertiary/aromatic N) is 2. The molecule has 1 saturated heterocycles. The maximum atomic E-state index is 10.2. The lowest BCUT2D eigenvalue weighted by molar-refractivity contribution is -0.150. The number of thioether (sulfide) groups is 1. The topological polar surface area (TPSA) is 77.3 Å². The van der Waals surface area contributed by atoms with Crippen molar-refractivity contribution >= 4 is 28.7 Å². The number of rotatable bonds is 3. The smallest absolute Gasteiger partial charge is 0.176 e. The van der Waals surface area contributed by atoms with E-state index in [1.165, 1.54) is 29.0 Å². The molecule has 0 amide bonds. The molecule has 0 radical (unpaired) electrons. The van der Waals surface area contributed by atoms with E-state index in [1.807, 2.05) is 0 Å². The summed E-state index contributed by atoms with van der Waals surface area (Å²) in [4.78, 5) is 4.30. The van der Waals surface area contributed by atoms with Gasteiger partial charge in [-0.3, -0.25) is 9.41 Å². The maximum Gasteiger partial charge on any atom is 0.176 e. The average molecular weight is 308 g/mol. The minimum Gasteiger partial charge on any atom is -0.388 e. The molecule has 2 fully saturated rings. The third-order valence-electron chi connectivity index (χ3n) is 3.60. The summed E-state index contributed by atoms with van der Waals surface area (Å²) < 4.78 is 7.22. The lowest BCUT2D eigenvalue weighted by Crippen LogP contribution is -2.57. The van der Waals surface area contributed by atoms with Crippen LogP contribution in [0.4, 0.5) is 0 Å². The molecule has 0 unspecified atom stereocenters. The Bertz CT molecular complexity index is 380. The quantitative estimate of drug-likeness (QED) is 0.624. The van der Waals surface area contributed by atoms with Crippen molar-refractivity contribution in [3.8, 4) is 0 Å². The molecule has 0 spiro atoms. The van der Waals surface area contributed by atoms with Gasteiger partial charge in [0.25, 0.3) is 0 Å². The molecule has 0 aromatic carbocycles. The zero-order chi connectivity index (χ0) is 13.6. The molecule has 2 aliphatic heterocycles. The first-order valence-corrected chi connectivity index (χ1v) is 7.67. The maximum absolute atomic E-state index is 10.2. The minimum atomic E-state index is -0.920. The summed E-state index contributed by atoms with van der Waals surface area (Å²) in [6.45, 7) is 0.554. The van der Waals surface area contributed by atoms with Crippen LogP contribution >= 0.6 is 23.5 Å². The monoisotopic (exact) mass is 307 g/mol.